The van der Waals surface area contributed by atoms with E-state index in [0.29, 0.717) is 25.1 Å². The maximum Gasteiger partial charge on any atom is 0.261 e. The van der Waals surface area contributed by atoms with Gasteiger partial charge in [-0.2, -0.15) is 0 Å². The van der Waals surface area contributed by atoms with Crippen molar-refractivity contribution in [1.29, 1.82) is 0 Å². The van der Waals surface area contributed by atoms with Gasteiger partial charge in [0.1, 0.15) is 5.56 Å². The van der Waals surface area contributed by atoms with Crippen LogP contribution in [-0.4, -0.2) is 54.9 Å². The normalized spacial score (nSPS) is 22.6. The van der Waals surface area contributed by atoms with Crippen LogP contribution in [0.3, 0.4) is 0 Å². The molecule has 2 heterocycles. The molecule has 230 valence electrons. The Morgan fingerprint density at radius 3 is 2.19 bits per heavy atom. The number of carbonyl (C=O) groups is 1. The molecular formula is C31H31F5N2O5. The Balaban J connectivity index is 1.34. The Morgan fingerprint density at radius 2 is 1.56 bits per heavy atom. The molecule has 5 rings (SSSR count). The average Bonchev–Trinajstić information content (AvgIpc) is 3.45. The van der Waals surface area contributed by atoms with Crippen LogP contribution in [0.25, 0.3) is 0 Å². The summed E-state index contributed by atoms with van der Waals surface area (Å²) in [6, 6.07) is 13.7. The fraction of sp³-hybridized carbons (Fsp3) is 0.387. The number of methoxy groups -OCH3 is 1. The van der Waals surface area contributed by atoms with E-state index in [-0.39, 0.29) is 30.5 Å². The number of likely N-dealkylation sites (tertiary alicyclic amines) is 1. The second-order valence-electron chi connectivity index (χ2n) is 10.6. The average molecular weight is 607 g/mol. The predicted octanol–water partition coefficient (Wildman–Crippen LogP) is 5.78. The highest BCUT2D eigenvalue weighted by atomic mass is 19.2. The summed E-state index contributed by atoms with van der Waals surface area (Å²) >= 11 is 0. The van der Waals surface area contributed by atoms with Crippen LogP contribution < -0.4 is 5.32 Å². The van der Waals surface area contributed by atoms with E-state index in [4.69, 9.17) is 14.2 Å². The topological polar surface area (TPSA) is 80.3 Å². The minimum Gasteiger partial charge on any atom is -0.392 e. The van der Waals surface area contributed by atoms with E-state index in [2.05, 4.69) is 10.2 Å². The first-order valence-electron chi connectivity index (χ1n) is 13.9. The van der Waals surface area contributed by atoms with Crippen molar-refractivity contribution in [2.24, 2.45) is 0 Å². The molecule has 0 radical (unpaired) electrons. The van der Waals surface area contributed by atoms with Gasteiger partial charge in [-0.05, 0) is 42.6 Å². The van der Waals surface area contributed by atoms with Gasteiger partial charge < -0.3 is 24.6 Å². The lowest BCUT2D eigenvalue weighted by Gasteiger charge is -2.38. The molecule has 0 aliphatic carbocycles. The van der Waals surface area contributed by atoms with E-state index < -0.39 is 46.8 Å². The van der Waals surface area contributed by atoms with Crippen molar-refractivity contribution in [3.63, 3.8) is 0 Å². The van der Waals surface area contributed by atoms with Crippen LogP contribution in [0.15, 0.2) is 48.5 Å². The van der Waals surface area contributed by atoms with Crippen molar-refractivity contribution < 1.29 is 46.1 Å². The molecule has 2 aliphatic rings. The summed E-state index contributed by atoms with van der Waals surface area (Å²) < 4.78 is 86.8. The number of hydrogen-bond acceptors (Lipinski definition) is 6. The molecule has 0 spiro atoms. The quantitative estimate of drug-likeness (QED) is 0.183. The van der Waals surface area contributed by atoms with Crippen molar-refractivity contribution in [3.05, 3.63) is 99.9 Å². The molecular weight excluding hydrogens is 575 g/mol. The van der Waals surface area contributed by atoms with E-state index >= 15 is 0 Å². The standard InChI is InChI=1S/C31H31F5N2O5/c1-41-16-21-3-2-12-38(21)14-22-13-23(18-6-4-17(15-39)5-7-18)43-31(42-22)19-8-10-20(11-9-19)37-30(40)24-25(32)27(34)29(36)28(35)26(24)33/h4-11,21-23,31,39H,2-3,12-16H2,1H3,(H,37,40). The van der Waals surface area contributed by atoms with Gasteiger partial charge in [-0.1, -0.05) is 36.4 Å². The first-order valence-corrected chi connectivity index (χ1v) is 13.9. The molecule has 3 aromatic carbocycles. The number of carbonyl (C=O) groups excluding carboxylic acids is 1. The Bertz CT molecular complexity index is 1410. The Morgan fingerprint density at radius 1 is 0.930 bits per heavy atom. The molecule has 0 bridgehead atoms. The Hall–Kier alpha value is -3.42. The number of nitrogens with zero attached hydrogens (tertiary/aromatic N) is 1. The first kappa shape index (κ1) is 31.0. The number of anilines is 1. The Labute approximate surface area is 245 Å². The number of rotatable bonds is 9. The maximum atomic E-state index is 14.1. The van der Waals surface area contributed by atoms with Gasteiger partial charge >= 0.3 is 0 Å². The van der Waals surface area contributed by atoms with Crippen LogP contribution in [0.5, 0.6) is 0 Å². The zero-order valence-electron chi connectivity index (χ0n) is 23.3. The van der Waals surface area contributed by atoms with Gasteiger partial charge in [0, 0.05) is 37.4 Å². The second kappa shape index (κ2) is 13.5. The number of ether oxygens (including phenoxy) is 3. The molecule has 43 heavy (non-hydrogen) atoms. The van der Waals surface area contributed by atoms with Crippen LogP contribution in [0.2, 0.25) is 0 Å². The fourth-order valence-corrected chi connectivity index (χ4v) is 5.53. The maximum absolute atomic E-state index is 14.1. The molecule has 4 unspecified atom stereocenters. The van der Waals surface area contributed by atoms with Crippen molar-refractivity contribution >= 4 is 11.6 Å². The number of hydrogen-bond donors (Lipinski definition) is 2. The molecule has 7 nitrogen and oxygen atoms in total. The van der Waals surface area contributed by atoms with Gasteiger partial charge in [-0.25, -0.2) is 22.0 Å². The molecule has 0 aromatic heterocycles. The zero-order valence-corrected chi connectivity index (χ0v) is 23.3. The highest BCUT2D eigenvalue weighted by Crippen LogP contribution is 2.39. The SMILES string of the molecule is COCC1CCCN1CC1CC(c2ccc(CO)cc2)OC(c2ccc(NC(=O)c3c(F)c(F)c(F)c(F)c3F)cc2)O1. The number of nitrogens with one attached hydrogen (secondary N) is 1. The number of benzene rings is 3. The monoisotopic (exact) mass is 606 g/mol. The van der Waals surface area contributed by atoms with Crippen LogP contribution in [-0.2, 0) is 20.8 Å². The van der Waals surface area contributed by atoms with Gasteiger partial charge in [0.15, 0.2) is 29.6 Å². The van der Waals surface area contributed by atoms with Crippen LogP contribution in [0.4, 0.5) is 27.6 Å². The first-order chi connectivity index (χ1) is 20.7. The highest BCUT2D eigenvalue weighted by molar-refractivity contribution is 6.04. The molecule has 2 N–H and O–H groups in total. The van der Waals surface area contributed by atoms with E-state index in [1.165, 1.54) is 12.1 Å². The van der Waals surface area contributed by atoms with Crippen molar-refractivity contribution in [2.75, 3.05) is 32.1 Å². The molecule has 2 fully saturated rings. The number of halogens is 5. The minimum atomic E-state index is -2.34. The lowest BCUT2D eigenvalue weighted by molar-refractivity contribution is -0.253. The van der Waals surface area contributed by atoms with Gasteiger partial charge in [-0.15, -0.1) is 0 Å². The van der Waals surface area contributed by atoms with Crippen molar-refractivity contribution in [3.8, 4) is 0 Å². The van der Waals surface area contributed by atoms with Gasteiger partial charge in [0.2, 0.25) is 5.82 Å². The van der Waals surface area contributed by atoms with Gasteiger partial charge in [0.05, 0.1) is 25.4 Å². The summed E-state index contributed by atoms with van der Waals surface area (Å²) in [5, 5.41) is 11.6. The van der Waals surface area contributed by atoms with Gasteiger partial charge in [0.25, 0.3) is 5.91 Å². The number of amides is 1. The molecule has 0 saturated carbocycles. The number of aliphatic hydroxyl groups excluding tert-OH is 1. The summed E-state index contributed by atoms with van der Waals surface area (Å²) in [6.07, 6.45) is 1.35. The molecule has 1 amide bonds. The molecule has 12 heteroatoms. The summed E-state index contributed by atoms with van der Waals surface area (Å²) in [5.74, 6) is -12.7. The smallest absolute Gasteiger partial charge is 0.261 e. The third-order valence-corrected chi connectivity index (χ3v) is 7.79. The van der Waals surface area contributed by atoms with Gasteiger partial charge in [-0.3, -0.25) is 9.69 Å². The third-order valence-electron chi connectivity index (χ3n) is 7.79. The van der Waals surface area contributed by atoms with Crippen molar-refractivity contribution in [1.82, 2.24) is 4.90 Å². The largest absolute Gasteiger partial charge is 0.392 e. The minimum absolute atomic E-state index is 0.0562. The highest BCUT2D eigenvalue weighted by Gasteiger charge is 2.36. The summed E-state index contributed by atoms with van der Waals surface area (Å²) in [6.45, 7) is 2.13. The second-order valence-corrected chi connectivity index (χ2v) is 10.6. The molecule has 2 aliphatic heterocycles. The summed E-state index contributed by atoms with van der Waals surface area (Å²) in [4.78, 5) is 14.8. The van der Waals surface area contributed by atoms with Crippen LogP contribution >= 0.6 is 0 Å². The molecule has 3 aromatic rings. The van der Waals surface area contributed by atoms with Crippen molar-refractivity contribution in [2.45, 2.75) is 50.4 Å². The predicted molar refractivity (Wildman–Crippen MR) is 146 cm³/mol. The van der Waals surface area contributed by atoms with E-state index in [0.717, 1.165) is 30.5 Å². The van der Waals surface area contributed by atoms with E-state index in [1.54, 1.807) is 19.2 Å². The van der Waals surface area contributed by atoms with E-state index in [9.17, 15) is 31.9 Å². The summed E-state index contributed by atoms with van der Waals surface area (Å²) in [7, 11) is 1.68. The lowest BCUT2D eigenvalue weighted by Crippen LogP contribution is -2.42. The van der Waals surface area contributed by atoms with Crippen LogP contribution in [0, 0.1) is 29.1 Å². The molecule has 2 saturated heterocycles. The van der Waals surface area contributed by atoms with E-state index in [1.807, 2.05) is 24.3 Å². The van der Waals surface area contributed by atoms with Crippen LogP contribution in [0.1, 0.15) is 58.7 Å². The zero-order chi connectivity index (χ0) is 30.7. The number of aliphatic hydroxyl groups is 1. The molecule has 4 atom stereocenters. The Kier molecular flexibility index (Phi) is 9.72. The third kappa shape index (κ3) is 6.73. The summed E-state index contributed by atoms with van der Waals surface area (Å²) in [5.41, 5.74) is 0.751. The lowest BCUT2D eigenvalue weighted by atomic mass is 9.99. The fourth-order valence-electron chi connectivity index (χ4n) is 5.53.